The Hall–Kier alpha value is -2.05. The monoisotopic (exact) mass is 344 g/mol. The average Bonchev–Trinajstić information content (AvgIpc) is 2.92. The van der Waals surface area contributed by atoms with E-state index in [-0.39, 0.29) is 12.2 Å². The molecule has 128 valence electrons. The zero-order chi connectivity index (χ0) is 18.6. The third-order valence-electron chi connectivity index (χ3n) is 4.54. The van der Waals surface area contributed by atoms with Crippen LogP contribution in [0.4, 0.5) is 24.5 Å². The smallest absolute Gasteiger partial charge is 0.388 e. The molecule has 4 nitrogen and oxygen atoms in total. The molecule has 4 radical (unpaired) electrons. The Morgan fingerprint density at radius 3 is 2.24 bits per heavy atom. The Morgan fingerprint density at radius 2 is 1.72 bits per heavy atom. The van der Waals surface area contributed by atoms with E-state index in [9.17, 15) is 13.2 Å². The van der Waals surface area contributed by atoms with Gasteiger partial charge in [0.2, 0.25) is 0 Å². The summed E-state index contributed by atoms with van der Waals surface area (Å²) in [6.45, 7) is 4.53. The quantitative estimate of drug-likeness (QED) is 0.851. The molecule has 3 rings (SSSR count). The van der Waals surface area contributed by atoms with E-state index < -0.39 is 17.2 Å². The maximum atomic E-state index is 13.0. The van der Waals surface area contributed by atoms with Crippen LogP contribution in [0.2, 0.25) is 0 Å². The molecule has 2 heterocycles. The Kier molecular flexibility index (Phi) is 4.08. The first kappa shape index (κ1) is 17.8. The van der Waals surface area contributed by atoms with Crippen molar-refractivity contribution in [3.05, 3.63) is 40.7 Å². The van der Waals surface area contributed by atoms with Crippen molar-refractivity contribution in [2.24, 2.45) is 0 Å². The number of hydrogen-bond donors (Lipinski definition) is 1. The van der Waals surface area contributed by atoms with Crippen LogP contribution in [0.3, 0.4) is 0 Å². The number of nitrogens with one attached hydrogen (secondary N) is 1. The molecule has 25 heavy (non-hydrogen) atoms. The number of hydrogen-bond acceptors (Lipinski definition) is 3. The first-order valence-electron chi connectivity index (χ1n) is 7.85. The van der Waals surface area contributed by atoms with Crippen molar-refractivity contribution in [2.45, 2.75) is 31.9 Å². The minimum Gasteiger partial charge on any atom is -0.388 e. The molecule has 0 bridgehead atoms. The highest BCUT2D eigenvalue weighted by molar-refractivity contribution is 6.41. The van der Waals surface area contributed by atoms with E-state index in [1.54, 1.807) is 4.90 Å². The fourth-order valence-electron chi connectivity index (χ4n) is 3.40. The molecule has 1 aliphatic heterocycles. The minimum atomic E-state index is -4.53. The van der Waals surface area contributed by atoms with Gasteiger partial charge in [-0.05, 0) is 43.2 Å². The van der Waals surface area contributed by atoms with Gasteiger partial charge in [0.15, 0.2) is 5.69 Å². The number of anilines is 2. The summed E-state index contributed by atoms with van der Waals surface area (Å²) in [5.41, 5.74) is 2.93. The molecule has 0 aliphatic carbocycles. The molecule has 0 spiro atoms. The number of alkyl halides is 3. The summed E-state index contributed by atoms with van der Waals surface area (Å²) in [6.07, 6.45) is -4.53. The molecule has 1 aromatic carbocycles. The molecule has 1 aromatic heterocycles. The topological polar surface area (TPSA) is 33.1 Å². The summed E-state index contributed by atoms with van der Waals surface area (Å²) in [5, 5.41) is 5.14. The van der Waals surface area contributed by atoms with Crippen molar-refractivity contribution in [1.29, 1.82) is 0 Å². The second-order valence-electron chi connectivity index (χ2n) is 6.32. The standard InChI is InChI=1S/C16H17B2F3N4/c1-9-6-11(7-10(2)14(9)22-3)24-4-5-25-13(15(24,17)18)8-12(23-25)16(19,20)21/h6-8,22H,4-5H2,1-3H3. The van der Waals surface area contributed by atoms with Crippen LogP contribution < -0.4 is 10.2 Å². The first-order valence-corrected chi connectivity index (χ1v) is 7.85. The number of aromatic nitrogens is 2. The SMILES string of the molecule is [B]C1([B])c2cc(C(F)(F)F)nn2CCN1c1cc(C)c(NC)c(C)c1. The Bertz CT molecular complexity index is 791. The fourth-order valence-corrected chi connectivity index (χ4v) is 3.40. The van der Waals surface area contributed by atoms with E-state index >= 15 is 0 Å². The normalized spacial score (nSPS) is 16.6. The maximum absolute atomic E-state index is 13.0. The highest BCUT2D eigenvalue weighted by Crippen LogP contribution is 2.37. The number of rotatable bonds is 2. The molecular weight excluding hydrogens is 327 g/mol. The minimum absolute atomic E-state index is 0.138. The molecule has 1 aliphatic rings. The third kappa shape index (κ3) is 2.89. The predicted molar refractivity (Wildman–Crippen MR) is 93.2 cm³/mol. The molecule has 0 atom stereocenters. The number of nitrogens with zero attached hydrogens (tertiary/aromatic N) is 3. The van der Waals surface area contributed by atoms with E-state index in [2.05, 4.69) is 10.4 Å². The number of halogens is 3. The van der Waals surface area contributed by atoms with E-state index in [1.807, 2.05) is 33.0 Å². The van der Waals surface area contributed by atoms with Crippen molar-refractivity contribution in [3.8, 4) is 0 Å². The maximum Gasteiger partial charge on any atom is 0.435 e. The van der Waals surface area contributed by atoms with E-state index in [0.717, 1.165) is 28.6 Å². The Labute approximate surface area is 147 Å². The number of fused-ring (bicyclic) bond motifs is 1. The summed E-state index contributed by atoms with van der Waals surface area (Å²) >= 11 is 0. The summed E-state index contributed by atoms with van der Waals surface area (Å²) in [4.78, 5) is 1.71. The average molecular weight is 344 g/mol. The molecule has 9 heteroatoms. The fraction of sp³-hybridized carbons (Fsp3) is 0.438. The van der Waals surface area contributed by atoms with Gasteiger partial charge in [0.25, 0.3) is 0 Å². The van der Waals surface area contributed by atoms with Gasteiger partial charge in [-0.3, -0.25) is 4.68 Å². The van der Waals surface area contributed by atoms with E-state index in [0.29, 0.717) is 6.54 Å². The van der Waals surface area contributed by atoms with Crippen LogP contribution in [-0.4, -0.2) is 39.1 Å². The van der Waals surface area contributed by atoms with Crippen molar-refractivity contribution >= 4 is 27.1 Å². The van der Waals surface area contributed by atoms with Crippen LogP contribution in [0.25, 0.3) is 0 Å². The van der Waals surface area contributed by atoms with Crippen LogP contribution in [0.1, 0.15) is 22.5 Å². The number of aryl methyl sites for hydroxylation is 2. The van der Waals surface area contributed by atoms with Crippen LogP contribution >= 0.6 is 0 Å². The Balaban J connectivity index is 2.05. The highest BCUT2D eigenvalue weighted by Gasteiger charge is 2.41. The summed E-state index contributed by atoms with van der Waals surface area (Å²) in [6, 6.07) is 4.77. The lowest BCUT2D eigenvalue weighted by atomic mass is 9.57. The molecule has 0 amide bonds. The molecule has 2 aromatic rings. The van der Waals surface area contributed by atoms with Crippen molar-refractivity contribution in [1.82, 2.24) is 9.78 Å². The number of benzene rings is 1. The van der Waals surface area contributed by atoms with Gasteiger partial charge in [0.1, 0.15) is 0 Å². The van der Waals surface area contributed by atoms with Gasteiger partial charge in [0.05, 0.1) is 22.2 Å². The van der Waals surface area contributed by atoms with Gasteiger partial charge in [0, 0.05) is 36.0 Å². The largest absolute Gasteiger partial charge is 0.435 e. The zero-order valence-electron chi connectivity index (χ0n) is 14.3. The third-order valence-corrected chi connectivity index (χ3v) is 4.54. The zero-order valence-corrected chi connectivity index (χ0v) is 14.3. The summed E-state index contributed by atoms with van der Waals surface area (Å²) in [7, 11) is 14.3. The van der Waals surface area contributed by atoms with Gasteiger partial charge >= 0.3 is 6.18 Å². The molecule has 1 N–H and O–H groups in total. The van der Waals surface area contributed by atoms with Crippen LogP contribution in [-0.2, 0) is 18.1 Å². The van der Waals surface area contributed by atoms with Gasteiger partial charge in [-0.2, -0.15) is 18.3 Å². The molecule has 0 saturated heterocycles. The van der Waals surface area contributed by atoms with Gasteiger partial charge in [-0.25, -0.2) is 0 Å². The van der Waals surface area contributed by atoms with Crippen LogP contribution in [0.15, 0.2) is 18.2 Å². The second kappa shape index (κ2) is 5.74. The van der Waals surface area contributed by atoms with Gasteiger partial charge < -0.3 is 10.2 Å². The molecular formula is C16H17B2F3N4. The summed E-state index contributed by atoms with van der Waals surface area (Å²) < 4.78 is 40.1. The Morgan fingerprint density at radius 1 is 1.12 bits per heavy atom. The summed E-state index contributed by atoms with van der Waals surface area (Å²) in [5.74, 6) is 0. The van der Waals surface area contributed by atoms with Gasteiger partial charge in [-0.1, -0.05) is 0 Å². The van der Waals surface area contributed by atoms with Crippen molar-refractivity contribution in [3.63, 3.8) is 0 Å². The van der Waals surface area contributed by atoms with E-state index in [1.165, 1.54) is 4.68 Å². The van der Waals surface area contributed by atoms with Crippen LogP contribution in [0, 0.1) is 13.8 Å². The molecule has 0 fully saturated rings. The predicted octanol–water partition coefficient (Wildman–Crippen LogP) is 2.53. The lowest BCUT2D eigenvalue weighted by molar-refractivity contribution is -0.141. The van der Waals surface area contributed by atoms with Gasteiger partial charge in [-0.15, -0.1) is 0 Å². The molecule has 0 unspecified atom stereocenters. The molecule has 0 saturated carbocycles. The second-order valence-corrected chi connectivity index (χ2v) is 6.32. The highest BCUT2D eigenvalue weighted by atomic mass is 19.4. The van der Waals surface area contributed by atoms with Crippen LogP contribution in [0.5, 0.6) is 0 Å². The van der Waals surface area contributed by atoms with E-state index in [4.69, 9.17) is 15.7 Å². The lowest BCUT2D eigenvalue weighted by Gasteiger charge is -2.46. The lowest BCUT2D eigenvalue weighted by Crippen LogP contribution is -2.54. The first-order chi connectivity index (χ1) is 11.6. The van der Waals surface area contributed by atoms with Crippen molar-refractivity contribution in [2.75, 3.05) is 23.8 Å². The van der Waals surface area contributed by atoms with Crippen molar-refractivity contribution < 1.29 is 13.2 Å².